The second-order valence-corrected chi connectivity index (χ2v) is 7.61. The van der Waals surface area contributed by atoms with Crippen LogP contribution in [0.3, 0.4) is 0 Å². The van der Waals surface area contributed by atoms with E-state index in [9.17, 15) is 10.1 Å². The lowest BCUT2D eigenvalue weighted by Crippen LogP contribution is -2.31. The predicted octanol–water partition coefficient (Wildman–Crippen LogP) is 3.73. The van der Waals surface area contributed by atoms with Gasteiger partial charge in [-0.1, -0.05) is 6.07 Å². The quantitative estimate of drug-likeness (QED) is 0.438. The maximum atomic E-state index is 11.8. The third-order valence-corrected chi connectivity index (χ3v) is 5.64. The third-order valence-electron chi connectivity index (χ3n) is 5.02. The highest BCUT2D eigenvalue weighted by molar-refractivity contribution is 9.10. The molecule has 3 aromatic rings. The molecule has 1 aliphatic heterocycles. The average molecular weight is 493 g/mol. The standard InChI is InChI=1S/C21H18BrN3O4.ClH/c1-27-19-8-14-13-4-3-11(9-23)5-17(13)25-20(15(14)7-16(19)22)29-12-6-18(24-10-12)21(26)28-2;/h3-5,7-8,12,18,24H,6,10H2,1-2H3;1H/t12-,18+;/m1./s1. The maximum Gasteiger partial charge on any atom is 0.323 e. The lowest BCUT2D eigenvalue weighted by Gasteiger charge is -2.16. The van der Waals surface area contributed by atoms with Gasteiger partial charge in [-0.15, -0.1) is 12.4 Å². The molecule has 0 amide bonds. The Morgan fingerprint density at radius 3 is 2.73 bits per heavy atom. The highest BCUT2D eigenvalue weighted by Crippen LogP contribution is 2.38. The fourth-order valence-corrected chi connectivity index (χ4v) is 4.07. The monoisotopic (exact) mass is 491 g/mol. The van der Waals surface area contributed by atoms with Crippen molar-refractivity contribution in [2.75, 3.05) is 20.8 Å². The summed E-state index contributed by atoms with van der Waals surface area (Å²) >= 11 is 3.52. The van der Waals surface area contributed by atoms with Gasteiger partial charge in [0.25, 0.3) is 0 Å². The summed E-state index contributed by atoms with van der Waals surface area (Å²) in [4.78, 5) is 16.5. The van der Waals surface area contributed by atoms with E-state index in [1.54, 1.807) is 19.2 Å². The number of esters is 1. The van der Waals surface area contributed by atoms with E-state index in [-0.39, 0.29) is 24.5 Å². The Kier molecular flexibility index (Phi) is 6.66. The van der Waals surface area contributed by atoms with Gasteiger partial charge >= 0.3 is 5.97 Å². The van der Waals surface area contributed by atoms with Gasteiger partial charge in [0.1, 0.15) is 17.9 Å². The summed E-state index contributed by atoms with van der Waals surface area (Å²) in [6, 6.07) is 11.0. The average Bonchev–Trinajstić information content (AvgIpc) is 3.21. The van der Waals surface area contributed by atoms with Crippen LogP contribution in [-0.4, -0.2) is 43.9 Å². The Morgan fingerprint density at radius 2 is 2.03 bits per heavy atom. The molecule has 4 rings (SSSR count). The number of nitrogens with zero attached hydrogens (tertiary/aromatic N) is 2. The Labute approximate surface area is 187 Å². The number of methoxy groups -OCH3 is 2. The van der Waals surface area contributed by atoms with Crippen LogP contribution in [0.5, 0.6) is 11.6 Å². The maximum absolute atomic E-state index is 11.8. The third kappa shape index (κ3) is 4.01. The molecule has 0 radical (unpaired) electrons. The molecular weight excluding hydrogens is 474 g/mol. The number of rotatable bonds is 4. The predicted molar refractivity (Wildman–Crippen MR) is 118 cm³/mol. The molecule has 2 aromatic carbocycles. The van der Waals surface area contributed by atoms with Crippen LogP contribution in [-0.2, 0) is 9.53 Å². The van der Waals surface area contributed by atoms with Crippen LogP contribution in [0.15, 0.2) is 34.8 Å². The molecule has 2 atom stereocenters. The van der Waals surface area contributed by atoms with E-state index in [0.29, 0.717) is 35.7 Å². The van der Waals surface area contributed by atoms with E-state index in [4.69, 9.17) is 14.2 Å². The molecule has 1 aromatic heterocycles. The van der Waals surface area contributed by atoms with Crippen LogP contribution in [0.2, 0.25) is 0 Å². The molecule has 0 saturated carbocycles. The van der Waals surface area contributed by atoms with Crippen molar-refractivity contribution < 1.29 is 19.0 Å². The first-order chi connectivity index (χ1) is 14.0. The number of aromatic nitrogens is 1. The molecule has 0 unspecified atom stereocenters. The largest absolute Gasteiger partial charge is 0.496 e. The number of carbonyl (C=O) groups is 1. The van der Waals surface area contributed by atoms with Crippen molar-refractivity contribution in [2.24, 2.45) is 0 Å². The minimum absolute atomic E-state index is 0. The lowest BCUT2D eigenvalue weighted by molar-refractivity contribution is -0.142. The zero-order chi connectivity index (χ0) is 20.5. The van der Waals surface area contributed by atoms with Crippen LogP contribution in [0.1, 0.15) is 12.0 Å². The SMILES string of the molecule is COC(=O)[C@@H]1C[C@@H](Oc2nc3cc(C#N)ccc3c3cc(OC)c(Br)cc23)CN1.Cl. The Balaban J connectivity index is 0.00000256. The summed E-state index contributed by atoms with van der Waals surface area (Å²) < 4.78 is 17.2. The molecule has 156 valence electrons. The first kappa shape index (κ1) is 22.1. The number of nitriles is 1. The molecular formula is C21H19BrClN3O4. The Hall–Kier alpha value is -2.60. The summed E-state index contributed by atoms with van der Waals surface area (Å²) in [7, 11) is 2.98. The van der Waals surface area contributed by atoms with Crippen molar-refractivity contribution in [2.45, 2.75) is 18.6 Å². The molecule has 0 bridgehead atoms. The van der Waals surface area contributed by atoms with Crippen molar-refractivity contribution in [1.29, 1.82) is 5.26 Å². The molecule has 1 N–H and O–H groups in total. The molecule has 0 spiro atoms. The smallest absolute Gasteiger partial charge is 0.323 e. The topological polar surface area (TPSA) is 93.5 Å². The summed E-state index contributed by atoms with van der Waals surface area (Å²) in [6.07, 6.45) is 0.260. The van der Waals surface area contributed by atoms with Gasteiger partial charge in [-0.3, -0.25) is 4.79 Å². The van der Waals surface area contributed by atoms with Gasteiger partial charge in [0.05, 0.1) is 35.8 Å². The molecule has 1 aliphatic rings. The van der Waals surface area contributed by atoms with Crippen LogP contribution >= 0.6 is 28.3 Å². The number of halogens is 2. The molecule has 7 nitrogen and oxygen atoms in total. The first-order valence-corrected chi connectivity index (χ1v) is 9.82. The number of hydrogen-bond donors (Lipinski definition) is 1. The van der Waals surface area contributed by atoms with E-state index in [1.165, 1.54) is 7.11 Å². The summed E-state index contributed by atoms with van der Waals surface area (Å²) in [6.45, 7) is 0.510. The first-order valence-electron chi connectivity index (χ1n) is 9.03. The number of pyridine rings is 1. The van der Waals surface area contributed by atoms with Gasteiger partial charge in [-0.2, -0.15) is 5.26 Å². The second kappa shape index (κ2) is 9.04. The minimum Gasteiger partial charge on any atom is -0.496 e. The molecule has 1 saturated heterocycles. The van der Waals surface area contributed by atoms with Gasteiger partial charge in [0.2, 0.25) is 5.88 Å². The molecule has 9 heteroatoms. The fourth-order valence-electron chi connectivity index (χ4n) is 3.56. The van der Waals surface area contributed by atoms with Crippen molar-refractivity contribution >= 4 is 56.0 Å². The van der Waals surface area contributed by atoms with Gasteiger partial charge in [-0.05, 0) is 40.2 Å². The fraction of sp³-hybridized carbons (Fsp3) is 0.286. The Morgan fingerprint density at radius 1 is 1.23 bits per heavy atom. The normalized spacial score (nSPS) is 17.9. The highest BCUT2D eigenvalue weighted by atomic mass is 79.9. The van der Waals surface area contributed by atoms with Crippen LogP contribution in [0.25, 0.3) is 21.7 Å². The molecule has 0 aliphatic carbocycles. The van der Waals surface area contributed by atoms with Crippen LogP contribution in [0.4, 0.5) is 0 Å². The van der Waals surface area contributed by atoms with Crippen molar-refractivity contribution in [3.05, 3.63) is 40.4 Å². The van der Waals surface area contributed by atoms with E-state index >= 15 is 0 Å². The highest BCUT2D eigenvalue weighted by Gasteiger charge is 2.32. The molecule has 30 heavy (non-hydrogen) atoms. The number of carbonyl (C=O) groups excluding carboxylic acids is 1. The summed E-state index contributed by atoms with van der Waals surface area (Å²) in [5, 5.41) is 15.0. The van der Waals surface area contributed by atoms with Crippen molar-refractivity contribution in [3.8, 4) is 17.7 Å². The summed E-state index contributed by atoms with van der Waals surface area (Å²) in [5.41, 5.74) is 1.18. The van der Waals surface area contributed by atoms with Crippen LogP contribution < -0.4 is 14.8 Å². The van der Waals surface area contributed by atoms with Gasteiger partial charge in [0.15, 0.2) is 0 Å². The lowest BCUT2D eigenvalue weighted by atomic mass is 10.0. The zero-order valence-corrected chi connectivity index (χ0v) is 18.7. The second-order valence-electron chi connectivity index (χ2n) is 6.75. The number of benzene rings is 2. The van der Waals surface area contributed by atoms with Gasteiger partial charge < -0.3 is 19.5 Å². The van der Waals surface area contributed by atoms with E-state index in [2.05, 4.69) is 32.3 Å². The van der Waals surface area contributed by atoms with E-state index < -0.39 is 6.04 Å². The van der Waals surface area contributed by atoms with Crippen molar-refractivity contribution in [1.82, 2.24) is 10.3 Å². The number of fused-ring (bicyclic) bond motifs is 3. The Bertz CT molecular complexity index is 1160. The zero-order valence-electron chi connectivity index (χ0n) is 16.3. The number of nitrogens with one attached hydrogen (secondary N) is 1. The number of hydrogen-bond acceptors (Lipinski definition) is 7. The van der Waals surface area contributed by atoms with E-state index in [0.717, 1.165) is 20.6 Å². The molecule has 2 heterocycles. The number of ether oxygens (including phenoxy) is 3. The van der Waals surface area contributed by atoms with Crippen molar-refractivity contribution in [3.63, 3.8) is 0 Å². The van der Waals surface area contributed by atoms with Crippen LogP contribution in [0, 0.1) is 11.3 Å². The van der Waals surface area contributed by atoms with Gasteiger partial charge in [0, 0.05) is 29.1 Å². The molecule has 1 fully saturated rings. The van der Waals surface area contributed by atoms with Gasteiger partial charge in [-0.25, -0.2) is 4.98 Å². The van der Waals surface area contributed by atoms with E-state index in [1.807, 2.05) is 18.2 Å². The minimum atomic E-state index is -0.395. The summed E-state index contributed by atoms with van der Waals surface area (Å²) in [5.74, 6) is 0.829.